The molecule has 1 aliphatic rings. The van der Waals surface area contributed by atoms with E-state index < -0.39 is 0 Å². The summed E-state index contributed by atoms with van der Waals surface area (Å²) in [4.78, 5) is 18.5. The Morgan fingerprint density at radius 1 is 1.09 bits per heavy atom. The molecular weight excluding hydrogens is 290 g/mol. The molecule has 3 rings (SSSR count). The maximum absolute atomic E-state index is 12.5. The van der Waals surface area contributed by atoms with Crippen LogP contribution in [-0.2, 0) is 4.74 Å². The Bertz CT molecular complexity index is 689. The van der Waals surface area contributed by atoms with Crippen molar-refractivity contribution in [1.82, 2.24) is 9.88 Å². The minimum absolute atomic E-state index is 0.0441. The first-order chi connectivity index (χ1) is 11.1. The Morgan fingerprint density at radius 3 is 2.48 bits per heavy atom. The molecule has 1 aliphatic heterocycles. The predicted molar refractivity (Wildman–Crippen MR) is 90.2 cm³/mol. The van der Waals surface area contributed by atoms with Gasteiger partial charge in [0.05, 0.1) is 13.2 Å². The maximum atomic E-state index is 12.5. The molecule has 0 radical (unpaired) electrons. The van der Waals surface area contributed by atoms with Crippen molar-refractivity contribution in [3.8, 4) is 0 Å². The fourth-order valence-electron chi connectivity index (χ4n) is 2.77. The number of benzene rings is 1. The van der Waals surface area contributed by atoms with E-state index in [1.165, 1.54) is 11.1 Å². The van der Waals surface area contributed by atoms with Gasteiger partial charge in [-0.3, -0.25) is 9.78 Å². The van der Waals surface area contributed by atoms with E-state index in [-0.39, 0.29) is 5.91 Å². The number of ether oxygens (including phenoxy) is 1. The molecule has 1 amide bonds. The monoisotopic (exact) mass is 311 g/mol. The second kappa shape index (κ2) is 6.79. The predicted octanol–water partition coefficient (Wildman–Crippen LogP) is 2.91. The summed E-state index contributed by atoms with van der Waals surface area (Å²) in [5.41, 5.74) is 4.73. The van der Waals surface area contributed by atoms with Crippen LogP contribution < -0.4 is 5.32 Å². The van der Waals surface area contributed by atoms with Crippen molar-refractivity contribution in [2.24, 2.45) is 0 Å². The van der Waals surface area contributed by atoms with E-state index in [2.05, 4.69) is 42.3 Å². The van der Waals surface area contributed by atoms with Crippen LogP contribution in [0.3, 0.4) is 0 Å². The molecule has 1 aromatic heterocycles. The third-order valence-corrected chi connectivity index (χ3v) is 3.79. The van der Waals surface area contributed by atoms with Crippen LogP contribution in [0.25, 0.3) is 0 Å². The number of morpholine rings is 1. The van der Waals surface area contributed by atoms with Crippen molar-refractivity contribution in [3.05, 3.63) is 53.3 Å². The number of carbonyl (C=O) groups excluding carboxylic acids is 1. The Morgan fingerprint density at radius 2 is 1.78 bits per heavy atom. The molecular formula is C18H21N3O2. The van der Waals surface area contributed by atoms with Gasteiger partial charge in [-0.05, 0) is 49.2 Å². The smallest absolute Gasteiger partial charge is 0.272 e. The van der Waals surface area contributed by atoms with Gasteiger partial charge in [0.1, 0.15) is 5.69 Å². The minimum atomic E-state index is -0.0441. The second-order valence-corrected chi connectivity index (χ2v) is 5.84. The van der Waals surface area contributed by atoms with Crippen LogP contribution in [0.1, 0.15) is 21.6 Å². The van der Waals surface area contributed by atoms with Crippen LogP contribution in [0, 0.1) is 13.8 Å². The zero-order chi connectivity index (χ0) is 16.2. The molecule has 0 saturated carbocycles. The van der Waals surface area contributed by atoms with Gasteiger partial charge in [-0.15, -0.1) is 0 Å². The number of nitrogens with zero attached hydrogens (tertiary/aromatic N) is 2. The zero-order valence-corrected chi connectivity index (χ0v) is 13.5. The first kappa shape index (κ1) is 15.5. The number of hydrogen-bond acceptors (Lipinski definition) is 4. The van der Waals surface area contributed by atoms with E-state index in [0.29, 0.717) is 32.0 Å². The van der Waals surface area contributed by atoms with Crippen molar-refractivity contribution in [3.63, 3.8) is 0 Å². The van der Waals surface area contributed by atoms with Crippen LogP contribution in [-0.4, -0.2) is 42.1 Å². The largest absolute Gasteiger partial charge is 0.378 e. The lowest BCUT2D eigenvalue weighted by Crippen LogP contribution is -2.41. The zero-order valence-electron chi connectivity index (χ0n) is 13.5. The lowest BCUT2D eigenvalue weighted by atomic mass is 10.1. The summed E-state index contributed by atoms with van der Waals surface area (Å²) in [5, 5.41) is 3.35. The van der Waals surface area contributed by atoms with Crippen LogP contribution in [0.2, 0.25) is 0 Å². The second-order valence-electron chi connectivity index (χ2n) is 5.84. The topological polar surface area (TPSA) is 54.5 Å². The van der Waals surface area contributed by atoms with Gasteiger partial charge in [-0.25, -0.2) is 0 Å². The van der Waals surface area contributed by atoms with Crippen molar-refractivity contribution in [2.45, 2.75) is 13.8 Å². The van der Waals surface area contributed by atoms with Crippen molar-refractivity contribution >= 4 is 17.3 Å². The molecule has 1 fully saturated rings. The molecule has 2 heterocycles. The molecule has 0 spiro atoms. The number of anilines is 2. The molecule has 5 nitrogen and oxygen atoms in total. The Balaban J connectivity index is 1.77. The first-order valence-electron chi connectivity index (χ1n) is 7.80. The summed E-state index contributed by atoms with van der Waals surface area (Å²) in [7, 11) is 0. The lowest BCUT2D eigenvalue weighted by molar-refractivity contribution is 0.0299. The molecule has 0 atom stereocenters. The van der Waals surface area contributed by atoms with Gasteiger partial charge in [0.15, 0.2) is 0 Å². The highest BCUT2D eigenvalue weighted by molar-refractivity contribution is 5.93. The number of pyridine rings is 1. The third-order valence-electron chi connectivity index (χ3n) is 3.79. The van der Waals surface area contributed by atoms with Gasteiger partial charge in [0.2, 0.25) is 0 Å². The van der Waals surface area contributed by atoms with E-state index >= 15 is 0 Å². The van der Waals surface area contributed by atoms with E-state index in [1.807, 2.05) is 6.07 Å². The van der Waals surface area contributed by atoms with Gasteiger partial charge in [0.25, 0.3) is 5.91 Å². The minimum Gasteiger partial charge on any atom is -0.378 e. The molecule has 1 saturated heterocycles. The van der Waals surface area contributed by atoms with Gasteiger partial charge in [0, 0.05) is 30.7 Å². The molecule has 0 unspecified atom stereocenters. The average molecular weight is 311 g/mol. The molecule has 120 valence electrons. The van der Waals surface area contributed by atoms with E-state index in [0.717, 1.165) is 11.4 Å². The quantitative estimate of drug-likeness (QED) is 0.947. The standard InChI is InChI=1S/C18H21N3O2/c1-13-9-14(2)11-16(10-13)20-15-3-4-19-17(12-15)18(22)21-5-7-23-8-6-21/h3-4,9-12H,5-8H2,1-2H3,(H,19,20). The molecule has 23 heavy (non-hydrogen) atoms. The summed E-state index contributed by atoms with van der Waals surface area (Å²) in [6.07, 6.45) is 1.67. The first-order valence-corrected chi connectivity index (χ1v) is 7.80. The number of carbonyl (C=O) groups is 1. The molecule has 0 aliphatic carbocycles. The number of aryl methyl sites for hydroxylation is 2. The van der Waals surface area contributed by atoms with Crippen molar-refractivity contribution in [1.29, 1.82) is 0 Å². The van der Waals surface area contributed by atoms with Crippen LogP contribution in [0.5, 0.6) is 0 Å². The van der Waals surface area contributed by atoms with Crippen molar-refractivity contribution < 1.29 is 9.53 Å². The number of nitrogens with one attached hydrogen (secondary N) is 1. The molecule has 1 aromatic carbocycles. The van der Waals surface area contributed by atoms with E-state index in [9.17, 15) is 4.79 Å². The van der Waals surface area contributed by atoms with E-state index in [4.69, 9.17) is 4.74 Å². The maximum Gasteiger partial charge on any atom is 0.272 e. The number of aromatic nitrogens is 1. The summed E-state index contributed by atoms with van der Waals surface area (Å²) < 4.78 is 5.28. The third kappa shape index (κ3) is 3.87. The Kier molecular flexibility index (Phi) is 4.57. The fourth-order valence-corrected chi connectivity index (χ4v) is 2.77. The van der Waals surface area contributed by atoms with E-state index in [1.54, 1.807) is 17.2 Å². The summed E-state index contributed by atoms with van der Waals surface area (Å²) in [6.45, 7) is 6.55. The van der Waals surface area contributed by atoms with Crippen LogP contribution in [0.4, 0.5) is 11.4 Å². The van der Waals surface area contributed by atoms with Crippen LogP contribution >= 0.6 is 0 Å². The number of hydrogen-bond donors (Lipinski definition) is 1. The molecule has 1 N–H and O–H groups in total. The Hall–Kier alpha value is -2.40. The van der Waals surface area contributed by atoms with Gasteiger partial charge < -0.3 is 15.0 Å². The Labute approximate surface area is 136 Å². The highest BCUT2D eigenvalue weighted by Gasteiger charge is 2.19. The fraction of sp³-hybridized carbons (Fsp3) is 0.333. The molecule has 2 aromatic rings. The highest BCUT2D eigenvalue weighted by Crippen LogP contribution is 2.20. The van der Waals surface area contributed by atoms with Crippen LogP contribution in [0.15, 0.2) is 36.5 Å². The molecule has 5 heteroatoms. The number of amides is 1. The van der Waals surface area contributed by atoms with Gasteiger partial charge in [-0.2, -0.15) is 0 Å². The van der Waals surface area contributed by atoms with Gasteiger partial charge >= 0.3 is 0 Å². The highest BCUT2D eigenvalue weighted by atomic mass is 16.5. The SMILES string of the molecule is Cc1cc(C)cc(Nc2ccnc(C(=O)N3CCOCC3)c2)c1. The average Bonchev–Trinajstić information content (AvgIpc) is 2.54. The molecule has 0 bridgehead atoms. The van der Waals surface area contributed by atoms with Crippen molar-refractivity contribution in [2.75, 3.05) is 31.6 Å². The number of rotatable bonds is 3. The van der Waals surface area contributed by atoms with Gasteiger partial charge in [-0.1, -0.05) is 6.07 Å². The summed E-state index contributed by atoms with van der Waals surface area (Å²) in [6, 6.07) is 9.96. The summed E-state index contributed by atoms with van der Waals surface area (Å²) >= 11 is 0. The lowest BCUT2D eigenvalue weighted by Gasteiger charge is -2.26. The normalized spacial score (nSPS) is 14.6. The summed E-state index contributed by atoms with van der Waals surface area (Å²) in [5.74, 6) is -0.0441.